The van der Waals surface area contributed by atoms with Crippen molar-refractivity contribution in [3.05, 3.63) is 106 Å². The number of thioether (sulfide) groups is 1. The van der Waals surface area contributed by atoms with Crippen LogP contribution in [0.25, 0.3) is 17.0 Å². The number of thiocarbonyl (C=S) groups is 1. The van der Waals surface area contributed by atoms with Gasteiger partial charge >= 0.3 is 0 Å². The van der Waals surface area contributed by atoms with E-state index in [4.69, 9.17) is 17.0 Å². The first-order valence-electron chi connectivity index (χ1n) is 12.5. The van der Waals surface area contributed by atoms with Crippen molar-refractivity contribution in [2.45, 2.75) is 39.8 Å². The molecule has 2 heterocycles. The molecular formula is C31H30N2O2S2. The Morgan fingerprint density at radius 1 is 1.03 bits per heavy atom. The van der Waals surface area contributed by atoms with Crippen LogP contribution in [0.1, 0.15) is 42.0 Å². The number of benzene rings is 3. The van der Waals surface area contributed by atoms with E-state index >= 15 is 0 Å². The zero-order valence-corrected chi connectivity index (χ0v) is 22.9. The fourth-order valence-corrected chi connectivity index (χ4v) is 5.86. The van der Waals surface area contributed by atoms with Crippen molar-refractivity contribution in [2.75, 3.05) is 6.61 Å². The smallest absolute Gasteiger partial charge is 0.266 e. The van der Waals surface area contributed by atoms with Crippen LogP contribution in [0.2, 0.25) is 0 Å². The van der Waals surface area contributed by atoms with Crippen molar-refractivity contribution in [1.82, 2.24) is 9.47 Å². The van der Waals surface area contributed by atoms with E-state index in [0.29, 0.717) is 34.8 Å². The summed E-state index contributed by atoms with van der Waals surface area (Å²) < 4.78 is 9.06. The Balaban J connectivity index is 1.36. The number of aryl methyl sites for hydroxylation is 1. The first-order chi connectivity index (χ1) is 17.9. The normalized spacial score (nSPS) is 14.9. The highest BCUT2D eigenvalue weighted by Crippen LogP contribution is 2.35. The molecule has 1 amide bonds. The van der Waals surface area contributed by atoms with Crippen LogP contribution in [0.15, 0.2) is 83.9 Å². The molecule has 0 spiro atoms. The van der Waals surface area contributed by atoms with E-state index in [2.05, 4.69) is 61.9 Å². The molecule has 1 fully saturated rings. The highest BCUT2D eigenvalue weighted by molar-refractivity contribution is 8.26. The monoisotopic (exact) mass is 526 g/mol. The van der Waals surface area contributed by atoms with Gasteiger partial charge in [-0.1, -0.05) is 98.5 Å². The van der Waals surface area contributed by atoms with Crippen LogP contribution in [-0.2, 0) is 17.9 Å². The van der Waals surface area contributed by atoms with Gasteiger partial charge in [-0.05, 0) is 47.7 Å². The number of carbonyl (C=O) groups is 1. The summed E-state index contributed by atoms with van der Waals surface area (Å²) in [5.41, 5.74) is 5.60. The molecule has 4 aromatic rings. The van der Waals surface area contributed by atoms with Crippen molar-refractivity contribution in [3.8, 4) is 5.75 Å². The highest BCUT2D eigenvalue weighted by atomic mass is 32.2. The van der Waals surface area contributed by atoms with Gasteiger partial charge in [0.2, 0.25) is 0 Å². The number of fused-ring (bicyclic) bond motifs is 1. The van der Waals surface area contributed by atoms with Crippen molar-refractivity contribution >= 4 is 51.2 Å². The fourth-order valence-electron chi connectivity index (χ4n) is 4.62. The van der Waals surface area contributed by atoms with E-state index in [-0.39, 0.29) is 5.91 Å². The van der Waals surface area contributed by atoms with Crippen molar-refractivity contribution in [1.29, 1.82) is 0 Å². The van der Waals surface area contributed by atoms with Gasteiger partial charge in [-0.3, -0.25) is 9.69 Å². The third kappa shape index (κ3) is 5.50. The predicted molar refractivity (Wildman–Crippen MR) is 158 cm³/mol. The average molecular weight is 527 g/mol. The predicted octanol–water partition coefficient (Wildman–Crippen LogP) is 7.55. The van der Waals surface area contributed by atoms with E-state index in [1.165, 1.54) is 22.9 Å². The van der Waals surface area contributed by atoms with Gasteiger partial charge in [0, 0.05) is 22.7 Å². The minimum atomic E-state index is -0.0420. The number of hydrogen-bond donors (Lipinski definition) is 0. The molecule has 0 bridgehead atoms. The van der Waals surface area contributed by atoms with Gasteiger partial charge in [0.15, 0.2) is 0 Å². The first kappa shape index (κ1) is 25.3. The van der Waals surface area contributed by atoms with Crippen molar-refractivity contribution in [2.24, 2.45) is 0 Å². The third-order valence-electron chi connectivity index (χ3n) is 6.54. The summed E-state index contributed by atoms with van der Waals surface area (Å²) in [6.07, 6.45) is 4.08. The number of para-hydroxylation sites is 1. The van der Waals surface area contributed by atoms with Crippen LogP contribution in [-0.4, -0.2) is 26.3 Å². The molecule has 0 saturated carbocycles. The van der Waals surface area contributed by atoms with E-state index in [1.807, 2.05) is 48.5 Å². The molecule has 37 heavy (non-hydrogen) atoms. The van der Waals surface area contributed by atoms with Gasteiger partial charge in [0.05, 0.1) is 18.0 Å². The maximum Gasteiger partial charge on any atom is 0.266 e. The standard InChI is InChI=1S/C31H30N2O2S2/c1-21(2)25-14-13-22(3)17-28(25)35-16-15-32-20-24(26-11-7-8-12-27(26)32)18-29-30(34)33(31(36)37-29)19-23-9-5-4-6-10-23/h4-14,17-18,20-21H,15-16,19H2,1-3H3. The molecule has 0 aliphatic carbocycles. The Bertz CT molecular complexity index is 1490. The van der Waals surface area contributed by atoms with Gasteiger partial charge in [-0.2, -0.15) is 0 Å². The zero-order chi connectivity index (χ0) is 25.9. The number of rotatable bonds is 8. The largest absolute Gasteiger partial charge is 0.491 e. The molecule has 0 radical (unpaired) electrons. The number of ether oxygens (including phenoxy) is 1. The lowest BCUT2D eigenvalue weighted by Gasteiger charge is -2.15. The lowest BCUT2D eigenvalue weighted by atomic mass is 10.0. The van der Waals surface area contributed by atoms with Gasteiger partial charge < -0.3 is 9.30 Å². The Kier molecular flexibility index (Phi) is 7.49. The van der Waals surface area contributed by atoms with Crippen LogP contribution in [0.5, 0.6) is 5.75 Å². The lowest BCUT2D eigenvalue weighted by molar-refractivity contribution is -0.122. The Hall–Kier alpha value is -3.35. The second kappa shape index (κ2) is 11.0. The molecule has 1 saturated heterocycles. The molecule has 5 rings (SSSR count). The van der Waals surface area contributed by atoms with Crippen LogP contribution in [0, 0.1) is 6.92 Å². The van der Waals surface area contributed by atoms with Gasteiger partial charge in [-0.15, -0.1) is 0 Å². The van der Waals surface area contributed by atoms with Gasteiger partial charge in [-0.25, -0.2) is 0 Å². The summed E-state index contributed by atoms with van der Waals surface area (Å²) >= 11 is 6.93. The molecule has 1 aliphatic rings. The summed E-state index contributed by atoms with van der Waals surface area (Å²) in [5, 5.41) is 1.11. The molecule has 0 atom stereocenters. The Labute approximate surface area is 227 Å². The number of carbonyl (C=O) groups excluding carboxylic acids is 1. The topological polar surface area (TPSA) is 34.5 Å². The second-order valence-corrected chi connectivity index (χ2v) is 11.3. The maximum atomic E-state index is 13.2. The molecule has 0 unspecified atom stereocenters. The molecule has 6 heteroatoms. The first-order valence-corrected chi connectivity index (χ1v) is 13.7. The second-order valence-electron chi connectivity index (χ2n) is 9.59. The lowest BCUT2D eigenvalue weighted by Crippen LogP contribution is -2.27. The highest BCUT2D eigenvalue weighted by Gasteiger charge is 2.32. The summed E-state index contributed by atoms with van der Waals surface area (Å²) in [6, 6.07) is 24.6. The maximum absolute atomic E-state index is 13.2. The molecule has 1 aromatic heterocycles. The Morgan fingerprint density at radius 3 is 2.57 bits per heavy atom. The molecular weight excluding hydrogens is 496 g/mol. The van der Waals surface area contributed by atoms with Crippen LogP contribution in [0.4, 0.5) is 0 Å². The fraction of sp³-hybridized carbons (Fsp3) is 0.226. The molecule has 4 nitrogen and oxygen atoms in total. The number of amides is 1. The minimum absolute atomic E-state index is 0.0420. The number of aromatic nitrogens is 1. The quantitative estimate of drug-likeness (QED) is 0.175. The van der Waals surface area contributed by atoms with Gasteiger partial charge in [0.25, 0.3) is 5.91 Å². The van der Waals surface area contributed by atoms with Crippen LogP contribution < -0.4 is 4.74 Å². The minimum Gasteiger partial charge on any atom is -0.491 e. The average Bonchev–Trinajstić information content (AvgIpc) is 3.36. The van der Waals surface area contributed by atoms with E-state index < -0.39 is 0 Å². The van der Waals surface area contributed by atoms with Crippen LogP contribution in [0.3, 0.4) is 0 Å². The summed E-state index contributed by atoms with van der Waals surface area (Å²) in [4.78, 5) is 15.6. The SMILES string of the molecule is Cc1ccc(C(C)C)c(OCCn2cc(C=C3SC(=S)N(Cc4ccccc4)C3=O)c3ccccc32)c1. The third-order valence-corrected chi connectivity index (χ3v) is 7.92. The molecule has 1 aliphatic heterocycles. The van der Waals surface area contributed by atoms with E-state index in [1.54, 1.807) is 4.90 Å². The van der Waals surface area contributed by atoms with E-state index in [0.717, 1.165) is 27.8 Å². The van der Waals surface area contributed by atoms with Crippen molar-refractivity contribution < 1.29 is 9.53 Å². The summed E-state index contributed by atoms with van der Waals surface area (Å²) in [5.74, 6) is 1.31. The molecule has 0 N–H and O–H groups in total. The number of nitrogens with zero attached hydrogens (tertiary/aromatic N) is 2. The summed E-state index contributed by atoms with van der Waals surface area (Å²) in [6.45, 7) is 8.21. The zero-order valence-electron chi connectivity index (χ0n) is 21.3. The number of hydrogen-bond acceptors (Lipinski definition) is 4. The van der Waals surface area contributed by atoms with Gasteiger partial charge in [0.1, 0.15) is 16.7 Å². The van der Waals surface area contributed by atoms with Crippen molar-refractivity contribution in [3.63, 3.8) is 0 Å². The van der Waals surface area contributed by atoms with Crippen LogP contribution >= 0.6 is 24.0 Å². The molecule has 188 valence electrons. The Morgan fingerprint density at radius 2 is 1.78 bits per heavy atom. The molecule has 3 aromatic carbocycles. The van der Waals surface area contributed by atoms with E-state index in [9.17, 15) is 4.79 Å². The summed E-state index contributed by atoms with van der Waals surface area (Å²) in [7, 11) is 0.